The van der Waals surface area contributed by atoms with Crippen LogP contribution in [0, 0.1) is 0 Å². The van der Waals surface area contributed by atoms with Gasteiger partial charge in [-0.25, -0.2) is 0 Å². The molecule has 0 saturated carbocycles. The lowest BCUT2D eigenvalue weighted by Gasteiger charge is -2.27. The van der Waals surface area contributed by atoms with Gasteiger partial charge in [0.2, 0.25) is 5.91 Å². The first kappa shape index (κ1) is 16.1. The fourth-order valence-electron chi connectivity index (χ4n) is 4.13. The largest absolute Gasteiger partial charge is 0.497 e. The van der Waals surface area contributed by atoms with Crippen LogP contribution in [0.2, 0.25) is 0 Å². The van der Waals surface area contributed by atoms with Gasteiger partial charge < -0.3 is 14.6 Å². The molecule has 2 saturated heterocycles. The number of carbonyl (C=O) groups is 1. The summed E-state index contributed by atoms with van der Waals surface area (Å²) in [5.41, 5.74) is 1.47. The number of hydrogen-bond acceptors (Lipinski definition) is 4. The molecule has 6 nitrogen and oxygen atoms in total. The maximum atomic E-state index is 12.6. The number of ether oxygens (including phenoxy) is 1. The van der Waals surface area contributed by atoms with Crippen LogP contribution < -0.4 is 10.3 Å². The van der Waals surface area contributed by atoms with Crippen molar-refractivity contribution in [2.24, 2.45) is 0 Å². The van der Waals surface area contributed by atoms with Gasteiger partial charge in [-0.15, -0.1) is 0 Å². The van der Waals surface area contributed by atoms with E-state index in [9.17, 15) is 9.59 Å². The predicted molar refractivity (Wildman–Crippen MR) is 95.7 cm³/mol. The summed E-state index contributed by atoms with van der Waals surface area (Å²) in [5, 5.41) is 0.991. The highest BCUT2D eigenvalue weighted by Crippen LogP contribution is 2.31. The fraction of sp³-hybridized carbons (Fsp3) is 0.474. The highest BCUT2D eigenvalue weighted by molar-refractivity contribution is 5.80. The zero-order chi connectivity index (χ0) is 17.6. The van der Waals surface area contributed by atoms with Gasteiger partial charge in [-0.1, -0.05) is 0 Å². The topological polar surface area (TPSA) is 65.6 Å². The first-order valence-corrected chi connectivity index (χ1v) is 8.75. The summed E-state index contributed by atoms with van der Waals surface area (Å²) in [4.78, 5) is 31.8. The molecule has 3 heterocycles. The number of nitrogens with one attached hydrogen (secondary N) is 1. The number of methoxy groups -OCH3 is 1. The average Bonchev–Trinajstić information content (AvgIpc) is 2.91. The van der Waals surface area contributed by atoms with Gasteiger partial charge >= 0.3 is 0 Å². The van der Waals surface area contributed by atoms with Gasteiger partial charge in [0.25, 0.3) is 5.56 Å². The minimum atomic E-state index is -0.0657. The number of amides is 1. The van der Waals surface area contributed by atoms with E-state index in [0.717, 1.165) is 41.6 Å². The lowest BCUT2D eigenvalue weighted by atomic mass is 10.1. The first-order chi connectivity index (χ1) is 12.0. The number of likely N-dealkylation sites (N-methyl/N-ethyl adjacent to an activating group) is 1. The Morgan fingerprint density at radius 2 is 2.00 bits per heavy atom. The number of fused-ring (bicyclic) bond motifs is 3. The van der Waals surface area contributed by atoms with Crippen molar-refractivity contribution in [1.82, 2.24) is 14.8 Å². The molecule has 0 unspecified atom stereocenters. The second kappa shape index (κ2) is 6.19. The molecule has 2 atom stereocenters. The number of nitrogens with zero attached hydrogens (tertiary/aromatic N) is 2. The van der Waals surface area contributed by atoms with Crippen molar-refractivity contribution >= 4 is 16.8 Å². The minimum Gasteiger partial charge on any atom is -0.497 e. The third kappa shape index (κ3) is 2.91. The van der Waals surface area contributed by atoms with Crippen molar-refractivity contribution in [3.05, 3.63) is 40.2 Å². The molecule has 6 heteroatoms. The van der Waals surface area contributed by atoms with Gasteiger partial charge in [0.05, 0.1) is 12.6 Å². The van der Waals surface area contributed by atoms with E-state index in [1.54, 1.807) is 7.11 Å². The summed E-state index contributed by atoms with van der Waals surface area (Å²) < 4.78 is 5.22. The second-order valence-electron chi connectivity index (χ2n) is 7.11. The van der Waals surface area contributed by atoms with Crippen molar-refractivity contribution in [2.75, 3.05) is 20.7 Å². The number of hydrogen-bond donors (Lipinski definition) is 1. The third-order valence-electron chi connectivity index (χ3n) is 5.57. The van der Waals surface area contributed by atoms with Crippen LogP contribution in [-0.2, 0) is 11.3 Å². The Labute approximate surface area is 146 Å². The Morgan fingerprint density at radius 1 is 1.20 bits per heavy atom. The van der Waals surface area contributed by atoms with Gasteiger partial charge in [-0.05, 0) is 36.4 Å². The number of rotatable bonds is 3. The number of pyridine rings is 1. The van der Waals surface area contributed by atoms with E-state index in [-0.39, 0.29) is 17.5 Å². The zero-order valence-electron chi connectivity index (χ0n) is 14.6. The molecule has 2 aliphatic rings. The van der Waals surface area contributed by atoms with Crippen molar-refractivity contribution in [1.29, 1.82) is 0 Å². The van der Waals surface area contributed by atoms with E-state index in [1.807, 2.05) is 36.2 Å². The molecule has 0 spiro atoms. The summed E-state index contributed by atoms with van der Waals surface area (Å²) in [5.74, 6) is 0.930. The molecule has 2 fully saturated rings. The Balaban J connectivity index is 1.65. The quantitative estimate of drug-likeness (QED) is 0.923. The van der Waals surface area contributed by atoms with E-state index in [2.05, 4.69) is 9.88 Å². The standard InChI is InChI=1S/C19H23N3O3/c1-21-11-15-5-4-14(8-18(21)23)22(15)10-13-7-12-3-6-16(25-2)9-17(12)20-19(13)24/h3,6-7,9,14-15H,4-5,8,10-11H2,1-2H3,(H,20,24)/t14-,15+/m1/s1. The molecule has 1 aromatic heterocycles. The smallest absolute Gasteiger partial charge is 0.252 e. The Hall–Kier alpha value is -2.34. The highest BCUT2D eigenvalue weighted by Gasteiger charge is 2.39. The number of carbonyl (C=O) groups excluding carboxylic acids is 1. The maximum Gasteiger partial charge on any atom is 0.252 e. The van der Waals surface area contributed by atoms with Crippen molar-refractivity contribution in [3.63, 3.8) is 0 Å². The number of H-pyrrole nitrogens is 1. The summed E-state index contributed by atoms with van der Waals surface area (Å²) in [7, 11) is 3.48. The molecule has 1 aromatic carbocycles. The number of benzene rings is 1. The van der Waals surface area contributed by atoms with E-state index in [4.69, 9.17) is 4.74 Å². The molecule has 0 aliphatic carbocycles. The van der Waals surface area contributed by atoms with Crippen molar-refractivity contribution in [3.8, 4) is 5.75 Å². The van der Waals surface area contributed by atoms with E-state index in [1.165, 1.54) is 0 Å². The monoisotopic (exact) mass is 341 g/mol. The van der Waals surface area contributed by atoms with Crippen molar-refractivity contribution in [2.45, 2.75) is 37.9 Å². The van der Waals surface area contributed by atoms with Gasteiger partial charge in [0, 0.05) is 50.3 Å². The second-order valence-corrected chi connectivity index (χ2v) is 7.11. The Kier molecular flexibility index (Phi) is 4.00. The van der Waals surface area contributed by atoms with Crippen molar-refractivity contribution < 1.29 is 9.53 Å². The zero-order valence-corrected chi connectivity index (χ0v) is 14.6. The fourth-order valence-corrected chi connectivity index (χ4v) is 4.13. The lowest BCUT2D eigenvalue weighted by molar-refractivity contribution is -0.130. The predicted octanol–water partition coefficient (Wildman–Crippen LogP) is 1.73. The molecule has 25 heavy (non-hydrogen) atoms. The SMILES string of the molecule is COc1ccc2cc(CN3[C@@H]4CC[C@H]3CN(C)C(=O)C4)c(=O)[nH]c2c1. The normalized spacial score (nSPS) is 23.9. The molecule has 1 N–H and O–H groups in total. The van der Waals surface area contributed by atoms with E-state index < -0.39 is 0 Å². The van der Waals surface area contributed by atoms with Crippen LogP contribution >= 0.6 is 0 Å². The summed E-state index contributed by atoms with van der Waals surface area (Å²) >= 11 is 0. The van der Waals surface area contributed by atoms with Gasteiger partial charge in [-0.3, -0.25) is 14.5 Å². The molecule has 1 amide bonds. The summed E-state index contributed by atoms with van der Waals surface area (Å²) in [6.07, 6.45) is 2.67. The van der Waals surface area contributed by atoms with Gasteiger partial charge in [0.1, 0.15) is 5.75 Å². The molecule has 132 valence electrons. The molecule has 2 aliphatic heterocycles. The average molecular weight is 341 g/mol. The molecular weight excluding hydrogens is 318 g/mol. The molecule has 2 bridgehead atoms. The molecule has 2 aromatic rings. The minimum absolute atomic E-state index is 0.0657. The lowest BCUT2D eigenvalue weighted by Crippen LogP contribution is -2.39. The molecule has 0 radical (unpaired) electrons. The number of likely N-dealkylation sites (tertiary alicyclic amines) is 1. The Bertz CT molecular complexity index is 876. The van der Waals surface area contributed by atoms with E-state index in [0.29, 0.717) is 19.0 Å². The van der Waals surface area contributed by atoms with Crippen LogP contribution in [0.15, 0.2) is 29.1 Å². The number of aromatic nitrogens is 1. The van der Waals surface area contributed by atoms with Crippen LogP contribution in [0.4, 0.5) is 0 Å². The van der Waals surface area contributed by atoms with Crippen LogP contribution in [-0.4, -0.2) is 53.5 Å². The summed E-state index contributed by atoms with van der Waals surface area (Å²) in [6.45, 7) is 1.34. The van der Waals surface area contributed by atoms with Crippen LogP contribution in [0.5, 0.6) is 5.75 Å². The van der Waals surface area contributed by atoms with Crippen LogP contribution in [0.3, 0.4) is 0 Å². The summed E-state index contributed by atoms with van der Waals surface area (Å²) in [6, 6.07) is 8.24. The van der Waals surface area contributed by atoms with Gasteiger partial charge in [-0.2, -0.15) is 0 Å². The maximum absolute atomic E-state index is 12.6. The first-order valence-electron chi connectivity index (χ1n) is 8.75. The molecular formula is C19H23N3O3. The number of aromatic amines is 1. The third-order valence-corrected chi connectivity index (χ3v) is 5.57. The van der Waals surface area contributed by atoms with Gasteiger partial charge in [0.15, 0.2) is 0 Å². The van der Waals surface area contributed by atoms with E-state index >= 15 is 0 Å². The Morgan fingerprint density at radius 3 is 2.80 bits per heavy atom. The van der Waals surface area contributed by atoms with Crippen LogP contribution in [0.25, 0.3) is 10.9 Å². The molecule has 4 rings (SSSR count). The van der Waals surface area contributed by atoms with Crippen LogP contribution in [0.1, 0.15) is 24.8 Å². The highest BCUT2D eigenvalue weighted by atomic mass is 16.5.